The van der Waals surface area contributed by atoms with E-state index >= 15 is 0 Å². The number of hydrogen-bond donors (Lipinski definition) is 1. The van der Waals surface area contributed by atoms with Crippen LogP contribution in [0.5, 0.6) is 0 Å². The van der Waals surface area contributed by atoms with Gasteiger partial charge in [-0.3, -0.25) is 9.59 Å². The molecule has 1 unspecified atom stereocenters. The number of halogens is 2. The number of carbonyl (C=O) groups is 2. The molecule has 3 rings (SSSR count). The van der Waals surface area contributed by atoms with Gasteiger partial charge in [-0.2, -0.15) is 0 Å². The summed E-state index contributed by atoms with van der Waals surface area (Å²) in [6, 6.07) is 13.3. The van der Waals surface area contributed by atoms with Crippen LogP contribution in [0.15, 0.2) is 58.6 Å². The molecule has 2 aromatic rings. The second-order valence-electron chi connectivity index (χ2n) is 6.40. The molecule has 1 heterocycles. The summed E-state index contributed by atoms with van der Waals surface area (Å²) >= 11 is 9.35. The van der Waals surface area contributed by atoms with Crippen LogP contribution in [-0.2, 0) is 9.59 Å². The quantitative estimate of drug-likeness (QED) is 0.382. The Kier molecular flexibility index (Phi) is 6.02. The van der Waals surface area contributed by atoms with Crippen molar-refractivity contribution in [3.63, 3.8) is 0 Å². The molecule has 1 amide bonds. The molecule has 1 fully saturated rings. The van der Waals surface area contributed by atoms with E-state index in [0.29, 0.717) is 17.1 Å². The molecule has 1 saturated heterocycles. The van der Waals surface area contributed by atoms with Crippen LogP contribution in [0.4, 0.5) is 0 Å². The summed E-state index contributed by atoms with van der Waals surface area (Å²) in [5, 5.41) is 11.4. The normalized spacial score (nSPS) is 18.9. The van der Waals surface area contributed by atoms with E-state index in [1.165, 1.54) is 0 Å². The molecular weight excluding hydrogens is 430 g/mol. The number of aliphatic hydroxyl groups excluding tert-OH is 1. The highest BCUT2D eigenvalue weighted by Crippen LogP contribution is 2.39. The van der Waals surface area contributed by atoms with Gasteiger partial charge in [0.15, 0.2) is 0 Å². The molecule has 1 aliphatic rings. The zero-order valence-corrected chi connectivity index (χ0v) is 17.1. The molecule has 27 heavy (non-hydrogen) atoms. The molecule has 0 saturated carbocycles. The van der Waals surface area contributed by atoms with Crippen LogP contribution in [0.3, 0.4) is 0 Å². The van der Waals surface area contributed by atoms with E-state index in [1.54, 1.807) is 53.4 Å². The van der Waals surface area contributed by atoms with E-state index < -0.39 is 17.7 Å². The summed E-state index contributed by atoms with van der Waals surface area (Å²) in [5.41, 5.74) is 1.35. The maximum absolute atomic E-state index is 12.8. The molecule has 0 aromatic heterocycles. The first-order valence-corrected chi connectivity index (χ1v) is 9.91. The molecule has 1 atom stereocenters. The Morgan fingerprint density at radius 3 is 2.33 bits per heavy atom. The predicted molar refractivity (Wildman–Crippen MR) is 110 cm³/mol. The number of amides is 1. The Balaban J connectivity index is 2.14. The van der Waals surface area contributed by atoms with Gasteiger partial charge < -0.3 is 10.0 Å². The average Bonchev–Trinajstić information content (AvgIpc) is 2.91. The summed E-state index contributed by atoms with van der Waals surface area (Å²) < 4.78 is 0.858. The summed E-state index contributed by atoms with van der Waals surface area (Å²) in [6.45, 7) is 2.47. The van der Waals surface area contributed by atoms with Gasteiger partial charge in [-0.25, -0.2) is 0 Å². The Labute approximate surface area is 171 Å². The molecule has 1 aliphatic heterocycles. The highest BCUT2D eigenvalue weighted by Gasteiger charge is 2.45. The van der Waals surface area contributed by atoms with Crippen molar-refractivity contribution >= 4 is 45.0 Å². The van der Waals surface area contributed by atoms with Crippen LogP contribution in [0.1, 0.15) is 36.9 Å². The van der Waals surface area contributed by atoms with Crippen LogP contribution in [0.2, 0.25) is 5.02 Å². The largest absolute Gasteiger partial charge is 0.507 e. The number of likely N-dealkylation sites (tertiary alicyclic amines) is 1. The SMILES string of the molecule is CCCCN1C(=O)C(=O)/C(=C(\O)c2ccc(Br)cc2)C1c1ccc(Cl)cc1. The number of ketones is 1. The van der Waals surface area contributed by atoms with Crippen LogP contribution < -0.4 is 0 Å². The standard InChI is InChI=1S/C21H19BrClNO3/c1-2-3-12-24-18(13-6-10-16(23)11-7-13)17(20(26)21(24)27)19(25)14-4-8-15(22)9-5-14/h4-11,18,25H,2-3,12H2,1H3/b19-17-. The van der Waals surface area contributed by atoms with E-state index in [0.717, 1.165) is 22.9 Å². The topological polar surface area (TPSA) is 57.6 Å². The van der Waals surface area contributed by atoms with Crippen molar-refractivity contribution in [1.29, 1.82) is 0 Å². The zero-order chi connectivity index (χ0) is 19.6. The number of carbonyl (C=O) groups excluding carboxylic acids is 2. The van der Waals surface area contributed by atoms with Gasteiger partial charge in [0.05, 0.1) is 11.6 Å². The lowest BCUT2D eigenvalue weighted by atomic mass is 9.95. The molecule has 6 heteroatoms. The van der Waals surface area contributed by atoms with Crippen LogP contribution in [0, 0.1) is 0 Å². The van der Waals surface area contributed by atoms with Crippen molar-refractivity contribution in [3.8, 4) is 0 Å². The molecule has 0 bridgehead atoms. The number of unbranched alkanes of at least 4 members (excludes halogenated alkanes) is 1. The van der Waals surface area contributed by atoms with E-state index in [2.05, 4.69) is 15.9 Å². The fourth-order valence-corrected chi connectivity index (χ4v) is 3.58. The Morgan fingerprint density at radius 2 is 1.74 bits per heavy atom. The van der Waals surface area contributed by atoms with E-state index in [1.807, 2.05) is 6.92 Å². The Bertz CT molecular complexity index is 891. The Hall–Kier alpha value is -2.11. The molecule has 1 N–H and O–H groups in total. The smallest absolute Gasteiger partial charge is 0.295 e. The van der Waals surface area contributed by atoms with Gasteiger partial charge in [0.2, 0.25) is 0 Å². The first-order valence-electron chi connectivity index (χ1n) is 8.74. The van der Waals surface area contributed by atoms with Crippen molar-refractivity contribution < 1.29 is 14.7 Å². The minimum atomic E-state index is -0.661. The average molecular weight is 449 g/mol. The second-order valence-corrected chi connectivity index (χ2v) is 7.76. The fourth-order valence-electron chi connectivity index (χ4n) is 3.19. The van der Waals surface area contributed by atoms with Crippen molar-refractivity contribution in [1.82, 2.24) is 4.90 Å². The minimum Gasteiger partial charge on any atom is -0.507 e. The lowest BCUT2D eigenvalue weighted by molar-refractivity contribution is -0.139. The minimum absolute atomic E-state index is 0.112. The highest BCUT2D eigenvalue weighted by atomic mass is 79.9. The molecule has 2 aromatic carbocycles. The number of Topliss-reactive ketones (excluding diaryl/α,β-unsaturated/α-hetero) is 1. The number of hydrogen-bond acceptors (Lipinski definition) is 3. The van der Waals surface area contributed by atoms with Crippen LogP contribution in [-0.4, -0.2) is 28.2 Å². The van der Waals surface area contributed by atoms with E-state index in [9.17, 15) is 14.7 Å². The van der Waals surface area contributed by atoms with Gasteiger partial charge in [0.25, 0.3) is 11.7 Å². The van der Waals surface area contributed by atoms with Gasteiger partial charge in [0, 0.05) is 21.6 Å². The highest BCUT2D eigenvalue weighted by molar-refractivity contribution is 9.10. The maximum Gasteiger partial charge on any atom is 0.295 e. The lowest BCUT2D eigenvalue weighted by Gasteiger charge is -2.25. The first kappa shape index (κ1) is 19.6. The van der Waals surface area contributed by atoms with Gasteiger partial charge in [-0.1, -0.05) is 65.1 Å². The van der Waals surface area contributed by atoms with Crippen molar-refractivity contribution in [3.05, 3.63) is 74.7 Å². The fraction of sp³-hybridized carbons (Fsp3) is 0.238. The first-order chi connectivity index (χ1) is 12.9. The van der Waals surface area contributed by atoms with Gasteiger partial charge >= 0.3 is 0 Å². The molecule has 0 radical (unpaired) electrons. The molecule has 0 spiro atoms. The van der Waals surface area contributed by atoms with E-state index in [4.69, 9.17) is 11.6 Å². The number of rotatable bonds is 5. The number of benzene rings is 2. The van der Waals surface area contributed by atoms with Crippen molar-refractivity contribution in [2.75, 3.05) is 6.54 Å². The third kappa shape index (κ3) is 3.94. The van der Waals surface area contributed by atoms with Gasteiger partial charge in [-0.15, -0.1) is 0 Å². The molecule has 4 nitrogen and oxygen atoms in total. The molecule has 0 aliphatic carbocycles. The summed E-state index contributed by atoms with van der Waals surface area (Å²) in [6.07, 6.45) is 1.67. The second kappa shape index (κ2) is 8.28. The maximum atomic E-state index is 12.8. The zero-order valence-electron chi connectivity index (χ0n) is 14.8. The monoisotopic (exact) mass is 447 g/mol. The van der Waals surface area contributed by atoms with Crippen LogP contribution >= 0.6 is 27.5 Å². The van der Waals surface area contributed by atoms with Crippen molar-refractivity contribution in [2.24, 2.45) is 0 Å². The molecule has 140 valence electrons. The third-order valence-electron chi connectivity index (χ3n) is 4.60. The van der Waals surface area contributed by atoms with E-state index in [-0.39, 0.29) is 11.3 Å². The van der Waals surface area contributed by atoms with Crippen LogP contribution in [0.25, 0.3) is 5.76 Å². The Morgan fingerprint density at radius 1 is 1.11 bits per heavy atom. The summed E-state index contributed by atoms with van der Waals surface area (Å²) in [5.74, 6) is -1.41. The number of aliphatic hydroxyl groups is 1. The van der Waals surface area contributed by atoms with Crippen molar-refractivity contribution in [2.45, 2.75) is 25.8 Å². The molecular formula is C21H19BrClNO3. The van der Waals surface area contributed by atoms with Gasteiger partial charge in [0.1, 0.15) is 5.76 Å². The number of nitrogens with zero attached hydrogens (tertiary/aromatic N) is 1. The summed E-state index contributed by atoms with van der Waals surface area (Å²) in [4.78, 5) is 27.0. The third-order valence-corrected chi connectivity index (χ3v) is 5.38. The lowest BCUT2D eigenvalue weighted by Crippen LogP contribution is -2.30. The van der Waals surface area contributed by atoms with Gasteiger partial charge in [-0.05, 0) is 36.2 Å². The summed E-state index contributed by atoms with van der Waals surface area (Å²) in [7, 11) is 0. The predicted octanol–water partition coefficient (Wildman–Crippen LogP) is 5.32.